The predicted molar refractivity (Wildman–Crippen MR) is 109 cm³/mol. The van der Waals surface area contributed by atoms with Gasteiger partial charge in [-0.15, -0.1) is 10.2 Å². The van der Waals surface area contributed by atoms with Crippen molar-refractivity contribution in [3.8, 4) is 5.75 Å². The minimum absolute atomic E-state index is 0. The van der Waals surface area contributed by atoms with Crippen LogP contribution in [-0.4, -0.2) is 36.7 Å². The van der Waals surface area contributed by atoms with Crippen LogP contribution in [0.4, 0.5) is 4.39 Å². The molecule has 0 aliphatic heterocycles. The number of benzene rings is 1. The Kier molecular flexibility index (Phi) is 8.65. The van der Waals surface area contributed by atoms with Crippen LogP contribution >= 0.6 is 0 Å². The second-order valence-electron chi connectivity index (χ2n) is 7.51. The SMILES string of the molecule is Cc1nnc(C(=O)NC(C)(C)c2nc(C(=O)NCc3ccc(F)cc3)c(O)c(=O)n2C)o1.[H-].[K+]. The minimum atomic E-state index is -1.27. The number of aromatic hydroxyl groups is 1. The first-order valence-corrected chi connectivity index (χ1v) is 9.45. The zero-order chi connectivity index (χ0) is 23.6. The zero-order valence-electron chi connectivity index (χ0n) is 19.8. The first kappa shape index (κ1) is 26.8. The van der Waals surface area contributed by atoms with Crippen molar-refractivity contribution in [3.63, 3.8) is 0 Å². The van der Waals surface area contributed by atoms with E-state index in [0.29, 0.717) is 5.56 Å². The van der Waals surface area contributed by atoms with Crippen LogP contribution in [0.15, 0.2) is 33.5 Å². The molecule has 0 bridgehead atoms. The third kappa shape index (κ3) is 6.12. The third-order valence-corrected chi connectivity index (χ3v) is 4.55. The van der Waals surface area contributed by atoms with Gasteiger partial charge in [0.2, 0.25) is 11.6 Å². The van der Waals surface area contributed by atoms with Crippen molar-refractivity contribution >= 4 is 11.8 Å². The number of halogens is 1. The van der Waals surface area contributed by atoms with Crippen LogP contribution in [0, 0.1) is 12.7 Å². The number of carbonyl (C=O) groups is 2. The molecule has 3 aromatic rings. The fourth-order valence-electron chi connectivity index (χ4n) is 2.96. The molecule has 2 amide bonds. The smallest absolute Gasteiger partial charge is 1.00 e. The summed E-state index contributed by atoms with van der Waals surface area (Å²) in [5.74, 6) is -2.88. The summed E-state index contributed by atoms with van der Waals surface area (Å²) in [4.78, 5) is 41.7. The van der Waals surface area contributed by atoms with Gasteiger partial charge in [0.15, 0.2) is 5.69 Å². The van der Waals surface area contributed by atoms with Crippen LogP contribution in [0.2, 0.25) is 0 Å². The van der Waals surface area contributed by atoms with Crippen LogP contribution in [-0.2, 0) is 19.1 Å². The van der Waals surface area contributed by atoms with Crippen LogP contribution in [0.1, 0.15) is 53.7 Å². The zero-order valence-corrected chi connectivity index (χ0v) is 21.9. The van der Waals surface area contributed by atoms with Gasteiger partial charge in [-0.1, -0.05) is 12.1 Å². The Morgan fingerprint density at radius 3 is 2.42 bits per heavy atom. The number of aryl methyl sites for hydroxylation is 1. The molecule has 0 aliphatic rings. The maximum absolute atomic E-state index is 13.0. The largest absolute Gasteiger partial charge is 1.00 e. The molecule has 0 aliphatic carbocycles. The molecule has 13 heteroatoms. The van der Waals surface area contributed by atoms with E-state index in [0.717, 1.165) is 4.57 Å². The topological polar surface area (TPSA) is 152 Å². The number of nitrogens with one attached hydrogen (secondary N) is 2. The van der Waals surface area contributed by atoms with Gasteiger partial charge in [0.05, 0.1) is 5.54 Å². The summed E-state index contributed by atoms with van der Waals surface area (Å²) in [7, 11) is 1.34. The Balaban J connectivity index is 0.00000289. The first-order valence-electron chi connectivity index (χ1n) is 9.45. The van der Waals surface area contributed by atoms with Gasteiger partial charge >= 0.3 is 63.2 Å². The Bertz CT molecular complexity index is 1250. The Morgan fingerprint density at radius 1 is 1.21 bits per heavy atom. The van der Waals surface area contributed by atoms with Crippen molar-refractivity contribution in [2.75, 3.05) is 0 Å². The van der Waals surface area contributed by atoms with Gasteiger partial charge in [-0.3, -0.25) is 19.0 Å². The number of carbonyl (C=O) groups excluding carboxylic acids is 2. The van der Waals surface area contributed by atoms with E-state index >= 15 is 0 Å². The van der Waals surface area contributed by atoms with Crippen molar-refractivity contribution in [1.82, 2.24) is 30.4 Å². The van der Waals surface area contributed by atoms with E-state index in [1.807, 2.05) is 0 Å². The summed E-state index contributed by atoms with van der Waals surface area (Å²) in [5, 5.41) is 22.6. The maximum atomic E-state index is 13.0. The molecule has 0 unspecified atom stereocenters. The maximum Gasteiger partial charge on any atom is 1.00 e. The molecule has 0 saturated carbocycles. The molecule has 170 valence electrons. The molecule has 0 spiro atoms. The first-order chi connectivity index (χ1) is 15.0. The van der Waals surface area contributed by atoms with Gasteiger partial charge in [0.1, 0.15) is 11.6 Å². The van der Waals surface area contributed by atoms with E-state index in [1.54, 1.807) is 13.8 Å². The second kappa shape index (κ2) is 10.7. The summed E-state index contributed by atoms with van der Waals surface area (Å²) in [6.07, 6.45) is 0. The Hall–Kier alpha value is -2.45. The van der Waals surface area contributed by atoms with Crippen LogP contribution < -0.4 is 67.6 Å². The molecular formula is C20H22FKN6O5. The number of rotatable bonds is 6. The summed E-state index contributed by atoms with van der Waals surface area (Å²) >= 11 is 0. The summed E-state index contributed by atoms with van der Waals surface area (Å²) < 4.78 is 19.1. The minimum Gasteiger partial charge on any atom is -1.00 e. The fourth-order valence-corrected chi connectivity index (χ4v) is 2.96. The van der Waals surface area contributed by atoms with Gasteiger partial charge < -0.3 is 21.6 Å². The second-order valence-corrected chi connectivity index (χ2v) is 7.51. The molecule has 0 atom stereocenters. The van der Waals surface area contributed by atoms with E-state index in [2.05, 4.69) is 25.8 Å². The van der Waals surface area contributed by atoms with Crippen molar-refractivity contribution in [2.24, 2.45) is 7.05 Å². The summed E-state index contributed by atoms with van der Waals surface area (Å²) in [5.41, 5.74) is -2.06. The summed E-state index contributed by atoms with van der Waals surface area (Å²) in [6, 6.07) is 5.44. The molecule has 2 aromatic heterocycles. The van der Waals surface area contributed by atoms with E-state index in [4.69, 9.17) is 4.42 Å². The van der Waals surface area contributed by atoms with Gasteiger partial charge in [0.25, 0.3) is 11.5 Å². The number of hydrogen-bond donors (Lipinski definition) is 3. The van der Waals surface area contributed by atoms with Gasteiger partial charge in [-0.25, -0.2) is 9.37 Å². The van der Waals surface area contributed by atoms with Crippen molar-refractivity contribution < 1.29 is 76.3 Å². The van der Waals surface area contributed by atoms with E-state index in [1.165, 1.54) is 38.2 Å². The molecular weight excluding hydrogens is 462 g/mol. The summed E-state index contributed by atoms with van der Waals surface area (Å²) in [6.45, 7) is 4.64. The Morgan fingerprint density at radius 2 is 1.85 bits per heavy atom. The quantitative estimate of drug-likeness (QED) is 0.341. The number of amides is 2. The molecule has 0 radical (unpaired) electrons. The molecule has 0 saturated heterocycles. The van der Waals surface area contributed by atoms with Gasteiger partial charge in [0, 0.05) is 20.5 Å². The fraction of sp³-hybridized carbons (Fsp3) is 0.300. The number of hydrogen-bond acceptors (Lipinski definition) is 8. The van der Waals surface area contributed by atoms with Crippen molar-refractivity contribution in [2.45, 2.75) is 32.9 Å². The predicted octanol–water partition coefficient (Wildman–Crippen LogP) is -1.97. The van der Waals surface area contributed by atoms with Crippen molar-refractivity contribution in [1.29, 1.82) is 0 Å². The molecule has 2 heterocycles. The molecule has 3 rings (SSSR count). The van der Waals surface area contributed by atoms with E-state index in [-0.39, 0.29) is 77.0 Å². The average molecular weight is 485 g/mol. The van der Waals surface area contributed by atoms with E-state index in [9.17, 15) is 23.9 Å². The van der Waals surface area contributed by atoms with Crippen LogP contribution in [0.25, 0.3) is 0 Å². The normalized spacial score (nSPS) is 10.9. The monoisotopic (exact) mass is 484 g/mol. The number of aromatic nitrogens is 4. The molecule has 0 fully saturated rings. The molecule has 1 aromatic carbocycles. The third-order valence-electron chi connectivity index (χ3n) is 4.55. The van der Waals surface area contributed by atoms with Crippen LogP contribution in [0.3, 0.4) is 0 Å². The number of nitrogens with zero attached hydrogens (tertiary/aromatic N) is 4. The van der Waals surface area contributed by atoms with Gasteiger partial charge in [-0.05, 0) is 31.5 Å². The van der Waals surface area contributed by atoms with Crippen LogP contribution in [0.5, 0.6) is 5.75 Å². The van der Waals surface area contributed by atoms with E-state index < -0.39 is 40.2 Å². The van der Waals surface area contributed by atoms with Crippen molar-refractivity contribution in [3.05, 3.63) is 69.3 Å². The Labute approximate surface area is 231 Å². The van der Waals surface area contributed by atoms with Gasteiger partial charge in [-0.2, -0.15) is 0 Å². The standard InChI is InChI=1S/C20H21FN6O5.K.H/c1-10-25-26-17(32-10)16(30)24-20(2,3)19-23-13(14(28)18(31)27(19)4)15(29)22-9-11-5-7-12(21)8-6-11;;/h5-8,28H,9H2,1-4H3,(H,22,29)(H,24,30);;/q;+1;-1. The molecule has 11 nitrogen and oxygen atoms in total. The average Bonchev–Trinajstić information content (AvgIpc) is 3.17. The molecule has 3 N–H and O–H groups in total. The molecule has 33 heavy (non-hydrogen) atoms.